The molecule has 0 spiro atoms. The molecule has 0 amide bonds. The molecule has 1 N–H and O–H groups in total. The molecular formula is C20H28O4. The van der Waals surface area contributed by atoms with E-state index < -0.39 is 12.3 Å². The van der Waals surface area contributed by atoms with Crippen LogP contribution < -0.4 is 0 Å². The van der Waals surface area contributed by atoms with Crippen LogP contribution in [0.15, 0.2) is 23.3 Å². The standard InChI is InChI=1S/C20H28O4/c1-12-5-7-20(4)13(2)9-15(21)11-16(20)19(12,3)8-6-14-10-17(22)24-18(14)23/h9-10,12,16,18,23H,5-8,11H2,1-4H3/t12-,16-,18-,19+,20+/m1/s1. The summed E-state index contributed by atoms with van der Waals surface area (Å²) in [5.74, 6) is 0.580. The van der Waals surface area contributed by atoms with Crippen molar-refractivity contribution in [2.75, 3.05) is 0 Å². The number of ketones is 1. The van der Waals surface area contributed by atoms with Crippen molar-refractivity contribution in [2.45, 2.75) is 66.1 Å². The topological polar surface area (TPSA) is 63.6 Å². The average molecular weight is 332 g/mol. The van der Waals surface area contributed by atoms with Crippen molar-refractivity contribution in [3.8, 4) is 0 Å². The molecule has 2 aliphatic carbocycles. The lowest BCUT2D eigenvalue weighted by atomic mass is 9.47. The number of aliphatic hydroxyl groups excluding tert-OH is 1. The van der Waals surface area contributed by atoms with Crippen LogP contribution in [0.25, 0.3) is 0 Å². The molecule has 0 unspecified atom stereocenters. The molecule has 0 radical (unpaired) electrons. The summed E-state index contributed by atoms with van der Waals surface area (Å²) in [4.78, 5) is 23.5. The molecule has 24 heavy (non-hydrogen) atoms. The van der Waals surface area contributed by atoms with Gasteiger partial charge in [0.25, 0.3) is 0 Å². The predicted molar refractivity (Wildman–Crippen MR) is 90.9 cm³/mol. The van der Waals surface area contributed by atoms with Gasteiger partial charge in [-0.05, 0) is 61.3 Å². The fourth-order valence-corrected chi connectivity index (χ4v) is 5.16. The van der Waals surface area contributed by atoms with E-state index in [2.05, 4.69) is 27.7 Å². The molecule has 1 aliphatic heterocycles. The number of allylic oxidation sites excluding steroid dienone is 2. The average Bonchev–Trinajstić information content (AvgIpc) is 2.83. The summed E-state index contributed by atoms with van der Waals surface area (Å²) >= 11 is 0. The van der Waals surface area contributed by atoms with E-state index in [0.29, 0.717) is 30.3 Å². The summed E-state index contributed by atoms with van der Waals surface area (Å²) in [6, 6.07) is 0. The number of carbonyl (C=O) groups excluding carboxylic acids is 2. The first-order valence-electron chi connectivity index (χ1n) is 8.97. The Labute approximate surface area is 144 Å². The van der Waals surface area contributed by atoms with Gasteiger partial charge in [-0.1, -0.05) is 26.3 Å². The quantitative estimate of drug-likeness (QED) is 0.803. The Bertz CT molecular complexity index is 632. The van der Waals surface area contributed by atoms with Crippen molar-refractivity contribution in [1.82, 2.24) is 0 Å². The van der Waals surface area contributed by atoms with Gasteiger partial charge in [0.05, 0.1) is 0 Å². The van der Waals surface area contributed by atoms with Crippen LogP contribution in [0.1, 0.15) is 59.8 Å². The minimum absolute atomic E-state index is 0.00434. The van der Waals surface area contributed by atoms with E-state index in [4.69, 9.17) is 4.74 Å². The van der Waals surface area contributed by atoms with Crippen LogP contribution >= 0.6 is 0 Å². The smallest absolute Gasteiger partial charge is 0.333 e. The van der Waals surface area contributed by atoms with Gasteiger partial charge in [-0.25, -0.2) is 4.79 Å². The van der Waals surface area contributed by atoms with Crippen molar-refractivity contribution in [3.63, 3.8) is 0 Å². The Balaban J connectivity index is 1.86. The second-order valence-electron chi connectivity index (χ2n) is 8.42. The van der Waals surface area contributed by atoms with E-state index in [0.717, 1.165) is 19.3 Å². The van der Waals surface area contributed by atoms with Crippen LogP contribution in [0.4, 0.5) is 0 Å². The van der Waals surface area contributed by atoms with Gasteiger partial charge >= 0.3 is 5.97 Å². The van der Waals surface area contributed by atoms with Crippen LogP contribution in [-0.2, 0) is 14.3 Å². The minimum Gasteiger partial charge on any atom is -0.429 e. The van der Waals surface area contributed by atoms with E-state index >= 15 is 0 Å². The predicted octanol–water partition coefficient (Wildman–Crippen LogP) is 3.55. The Kier molecular flexibility index (Phi) is 4.23. The Hall–Kier alpha value is -1.42. The molecule has 1 saturated carbocycles. The van der Waals surface area contributed by atoms with Crippen molar-refractivity contribution < 1.29 is 19.4 Å². The number of cyclic esters (lactones) is 1. The number of hydrogen-bond acceptors (Lipinski definition) is 4. The van der Waals surface area contributed by atoms with Crippen LogP contribution in [0.3, 0.4) is 0 Å². The maximum Gasteiger partial charge on any atom is 0.333 e. The molecule has 5 atom stereocenters. The highest BCUT2D eigenvalue weighted by atomic mass is 16.6. The molecular weight excluding hydrogens is 304 g/mol. The van der Waals surface area contributed by atoms with Crippen LogP contribution in [0.2, 0.25) is 0 Å². The van der Waals surface area contributed by atoms with Gasteiger partial charge in [0.1, 0.15) is 0 Å². The molecule has 4 nitrogen and oxygen atoms in total. The SMILES string of the molecule is CC1=CC(=O)C[C@@H]2[C@@](C)(CCC3=CC(=O)O[C@H]3O)[C@H](C)CC[C@@]12C. The lowest BCUT2D eigenvalue weighted by molar-refractivity contribution is -0.151. The van der Waals surface area contributed by atoms with Crippen molar-refractivity contribution in [3.05, 3.63) is 23.3 Å². The highest BCUT2D eigenvalue weighted by Crippen LogP contribution is 2.61. The highest BCUT2D eigenvalue weighted by Gasteiger charge is 2.54. The lowest BCUT2D eigenvalue weighted by Crippen LogP contribution is -2.51. The summed E-state index contributed by atoms with van der Waals surface area (Å²) in [5, 5.41) is 9.83. The molecule has 1 fully saturated rings. The summed E-state index contributed by atoms with van der Waals surface area (Å²) in [7, 11) is 0. The fourth-order valence-electron chi connectivity index (χ4n) is 5.16. The number of esters is 1. The van der Waals surface area contributed by atoms with Crippen LogP contribution in [0, 0.1) is 22.7 Å². The van der Waals surface area contributed by atoms with Crippen molar-refractivity contribution >= 4 is 11.8 Å². The van der Waals surface area contributed by atoms with E-state index in [1.807, 2.05) is 6.08 Å². The third-order valence-electron chi connectivity index (χ3n) is 7.27. The van der Waals surface area contributed by atoms with Gasteiger partial charge in [-0.3, -0.25) is 4.79 Å². The summed E-state index contributed by atoms with van der Waals surface area (Å²) < 4.78 is 4.79. The zero-order valence-corrected chi connectivity index (χ0v) is 15.1. The molecule has 4 heteroatoms. The number of rotatable bonds is 3. The van der Waals surface area contributed by atoms with Crippen LogP contribution in [-0.4, -0.2) is 23.1 Å². The zero-order chi connectivity index (χ0) is 17.7. The van der Waals surface area contributed by atoms with E-state index in [1.54, 1.807) is 0 Å². The third-order valence-corrected chi connectivity index (χ3v) is 7.27. The molecule has 1 heterocycles. The highest BCUT2D eigenvalue weighted by molar-refractivity contribution is 5.92. The molecule has 0 bridgehead atoms. The van der Waals surface area contributed by atoms with E-state index in [1.165, 1.54) is 11.6 Å². The van der Waals surface area contributed by atoms with E-state index in [9.17, 15) is 14.7 Å². The number of carbonyl (C=O) groups is 2. The first kappa shape index (κ1) is 17.4. The third kappa shape index (κ3) is 2.65. The van der Waals surface area contributed by atoms with Gasteiger partial charge in [0.15, 0.2) is 5.78 Å². The second-order valence-corrected chi connectivity index (χ2v) is 8.42. The van der Waals surface area contributed by atoms with Gasteiger partial charge in [-0.15, -0.1) is 0 Å². The molecule has 0 aromatic carbocycles. The second kappa shape index (κ2) is 5.83. The molecule has 132 valence electrons. The largest absolute Gasteiger partial charge is 0.429 e. The first-order chi connectivity index (χ1) is 11.2. The van der Waals surface area contributed by atoms with Gasteiger partial charge in [0.2, 0.25) is 6.29 Å². The van der Waals surface area contributed by atoms with Crippen LogP contribution in [0.5, 0.6) is 0 Å². The molecule has 3 rings (SSSR count). The first-order valence-corrected chi connectivity index (χ1v) is 8.97. The monoisotopic (exact) mass is 332 g/mol. The van der Waals surface area contributed by atoms with Crippen molar-refractivity contribution in [2.24, 2.45) is 22.7 Å². The zero-order valence-electron chi connectivity index (χ0n) is 15.1. The summed E-state index contributed by atoms with van der Waals surface area (Å²) in [6.45, 7) is 8.96. The van der Waals surface area contributed by atoms with Crippen molar-refractivity contribution in [1.29, 1.82) is 0 Å². The lowest BCUT2D eigenvalue weighted by Gasteiger charge is -2.57. The van der Waals surface area contributed by atoms with Gasteiger partial charge in [-0.2, -0.15) is 0 Å². The molecule has 0 saturated heterocycles. The Morgan fingerprint density at radius 1 is 1.29 bits per heavy atom. The number of fused-ring (bicyclic) bond motifs is 1. The van der Waals surface area contributed by atoms with Gasteiger partial charge < -0.3 is 9.84 Å². The normalized spacial score (nSPS) is 42.3. The summed E-state index contributed by atoms with van der Waals surface area (Å²) in [5.41, 5.74) is 1.95. The minimum atomic E-state index is -1.10. The Morgan fingerprint density at radius 2 is 2.00 bits per heavy atom. The number of hydrogen-bond donors (Lipinski definition) is 1. The van der Waals surface area contributed by atoms with E-state index in [-0.39, 0.29) is 16.6 Å². The number of ether oxygens (including phenoxy) is 1. The fraction of sp³-hybridized carbons (Fsp3) is 0.700. The number of aliphatic hydroxyl groups is 1. The summed E-state index contributed by atoms with van der Waals surface area (Å²) in [6.07, 6.45) is 6.51. The maximum absolute atomic E-state index is 12.2. The maximum atomic E-state index is 12.2. The Morgan fingerprint density at radius 3 is 2.62 bits per heavy atom. The molecule has 3 aliphatic rings. The van der Waals surface area contributed by atoms with Gasteiger partial charge in [0, 0.05) is 18.1 Å². The molecule has 0 aromatic rings. The molecule has 0 aromatic heterocycles.